The first-order chi connectivity index (χ1) is 4.04. The lowest BCUT2D eigenvalue weighted by atomic mass is 10.7. The molecule has 0 aliphatic rings. The number of hydrogen-bond donors (Lipinski definition) is 0. The van der Waals surface area contributed by atoms with E-state index in [1.165, 1.54) is 0 Å². The fourth-order valence-corrected chi connectivity index (χ4v) is 0.340. The Morgan fingerprint density at radius 1 is 1.44 bits per heavy atom. The molecular formula is C2HF2NO3S. The molecule has 9 heavy (non-hydrogen) atoms. The molecule has 0 heterocycles. The predicted octanol–water partition coefficient (Wildman–Crippen LogP) is -0.159. The summed E-state index contributed by atoms with van der Waals surface area (Å²) >= 11 is 0. The van der Waals surface area contributed by atoms with Crippen molar-refractivity contribution in [3.05, 3.63) is 0 Å². The van der Waals surface area contributed by atoms with E-state index in [-0.39, 0.29) is 0 Å². The van der Waals surface area contributed by atoms with Gasteiger partial charge in [0.05, 0.1) is 0 Å². The topological polar surface area (TPSA) is 63.6 Å². The molecule has 0 aromatic carbocycles. The molecule has 0 spiro atoms. The number of hydrogen-bond acceptors (Lipinski definition) is 3. The summed E-state index contributed by atoms with van der Waals surface area (Å²) in [5, 5.41) is 0. The summed E-state index contributed by atoms with van der Waals surface area (Å²) in [6.07, 6.45) is -3.34. The highest BCUT2D eigenvalue weighted by Crippen LogP contribution is 1.93. The fraction of sp³-hybridized carbons (Fsp3) is 0.500. The van der Waals surface area contributed by atoms with Crippen molar-refractivity contribution in [3.8, 4) is 0 Å². The molecule has 0 radical (unpaired) electrons. The largest absolute Gasteiger partial charge is 0.327 e. The Balaban J connectivity index is 4.28. The molecule has 0 aromatic rings. The number of halogens is 2. The van der Waals surface area contributed by atoms with Crippen molar-refractivity contribution >= 4 is 16.4 Å². The summed E-state index contributed by atoms with van der Waals surface area (Å²) in [5.41, 5.74) is 0. The first-order valence-electron chi connectivity index (χ1n) is 1.67. The fourth-order valence-electron chi connectivity index (χ4n) is 0.113. The highest BCUT2D eigenvalue weighted by atomic mass is 32.2. The van der Waals surface area contributed by atoms with Gasteiger partial charge in [-0.15, -0.1) is 0 Å². The van der Waals surface area contributed by atoms with Gasteiger partial charge in [-0.25, -0.2) is 0 Å². The van der Waals surface area contributed by atoms with Crippen molar-refractivity contribution in [3.63, 3.8) is 0 Å². The van der Waals surface area contributed by atoms with Gasteiger partial charge in [-0.3, -0.25) is 4.79 Å². The van der Waals surface area contributed by atoms with Crippen LogP contribution in [0.2, 0.25) is 0 Å². The second-order valence-corrected chi connectivity index (χ2v) is 1.56. The summed E-state index contributed by atoms with van der Waals surface area (Å²) < 4.78 is 42.9. The van der Waals surface area contributed by atoms with Crippen molar-refractivity contribution in [1.29, 1.82) is 0 Å². The van der Waals surface area contributed by atoms with Gasteiger partial charge in [0.2, 0.25) is 0 Å². The Morgan fingerprint density at radius 3 is 2.00 bits per heavy atom. The zero-order valence-corrected chi connectivity index (χ0v) is 4.73. The van der Waals surface area contributed by atoms with E-state index in [0.717, 1.165) is 0 Å². The lowest BCUT2D eigenvalue weighted by Gasteiger charge is -1.82. The van der Waals surface area contributed by atoms with E-state index in [9.17, 15) is 22.0 Å². The predicted molar refractivity (Wildman–Crippen MR) is 22.4 cm³/mol. The average molecular weight is 157 g/mol. The number of amides is 1. The van der Waals surface area contributed by atoms with Gasteiger partial charge in [-0.1, -0.05) is 4.36 Å². The second-order valence-electron chi connectivity index (χ2n) is 0.947. The zero-order valence-electron chi connectivity index (χ0n) is 3.91. The molecule has 0 atom stereocenters. The second kappa shape index (κ2) is 3.23. The number of nitrogens with zero attached hydrogens (tertiary/aromatic N) is 1. The van der Waals surface area contributed by atoms with Gasteiger partial charge in [0.15, 0.2) is 0 Å². The van der Waals surface area contributed by atoms with Gasteiger partial charge >= 0.3 is 22.8 Å². The van der Waals surface area contributed by atoms with Crippen LogP contribution < -0.4 is 0 Å². The molecular weight excluding hydrogens is 156 g/mol. The molecule has 0 aliphatic heterocycles. The first-order valence-corrected chi connectivity index (χ1v) is 2.70. The van der Waals surface area contributed by atoms with Crippen LogP contribution in [0.15, 0.2) is 4.36 Å². The smallest absolute Gasteiger partial charge is 0.265 e. The Bertz CT molecular complexity index is 222. The van der Waals surface area contributed by atoms with Crippen LogP contribution in [0.3, 0.4) is 0 Å². The molecule has 0 aromatic heterocycles. The van der Waals surface area contributed by atoms with Crippen molar-refractivity contribution in [2.45, 2.75) is 6.43 Å². The Labute approximate surface area is 50.2 Å². The lowest BCUT2D eigenvalue weighted by Crippen LogP contribution is -2.04. The maximum absolute atomic E-state index is 11.1. The summed E-state index contributed by atoms with van der Waals surface area (Å²) in [5.74, 6) is -1.94. The minimum absolute atomic E-state index is 1.94. The van der Waals surface area contributed by atoms with Gasteiger partial charge in [0, 0.05) is 0 Å². The van der Waals surface area contributed by atoms with Crippen LogP contribution in [0.1, 0.15) is 0 Å². The summed E-state index contributed by atoms with van der Waals surface area (Å²) in [7, 11) is -3.07. The monoisotopic (exact) mass is 157 g/mol. The van der Waals surface area contributed by atoms with Crippen LogP contribution in [-0.2, 0) is 15.3 Å². The van der Waals surface area contributed by atoms with E-state index >= 15 is 0 Å². The minimum Gasteiger partial charge on any atom is -0.265 e. The van der Waals surface area contributed by atoms with Crippen LogP contribution in [-0.4, -0.2) is 20.8 Å². The summed E-state index contributed by atoms with van der Waals surface area (Å²) in [4.78, 5) is 9.64. The maximum atomic E-state index is 11.1. The third kappa shape index (κ3) is 3.71. The Hall–Kier alpha value is -0.850. The maximum Gasteiger partial charge on any atom is 0.327 e. The van der Waals surface area contributed by atoms with Crippen LogP contribution in [0, 0.1) is 0 Å². The normalized spacial score (nSPS) is 9.22. The highest BCUT2D eigenvalue weighted by molar-refractivity contribution is 7.62. The van der Waals surface area contributed by atoms with Crippen molar-refractivity contribution < 1.29 is 22.0 Å². The molecule has 0 bridgehead atoms. The molecule has 0 unspecified atom stereocenters. The summed E-state index contributed by atoms with van der Waals surface area (Å²) in [6, 6.07) is 0. The molecule has 0 fully saturated rings. The van der Waals surface area contributed by atoms with Gasteiger partial charge in [0.25, 0.3) is 0 Å². The SMILES string of the molecule is O=C(N=S(=O)=O)C(F)F. The molecule has 0 saturated heterocycles. The van der Waals surface area contributed by atoms with Crippen molar-refractivity contribution in [2.24, 2.45) is 4.36 Å². The average Bonchev–Trinajstić information content (AvgIpc) is 1.63. The molecule has 0 rings (SSSR count). The molecule has 4 nitrogen and oxygen atoms in total. The molecule has 7 heteroatoms. The molecule has 0 N–H and O–H groups in total. The molecule has 0 saturated carbocycles. The van der Waals surface area contributed by atoms with Crippen LogP contribution in [0.5, 0.6) is 0 Å². The van der Waals surface area contributed by atoms with Crippen molar-refractivity contribution in [1.82, 2.24) is 0 Å². The van der Waals surface area contributed by atoms with Gasteiger partial charge in [-0.2, -0.15) is 17.2 Å². The zero-order chi connectivity index (χ0) is 7.44. The van der Waals surface area contributed by atoms with E-state index in [4.69, 9.17) is 0 Å². The summed E-state index contributed by atoms with van der Waals surface area (Å²) in [6.45, 7) is 0. The number of rotatable bonds is 1. The van der Waals surface area contributed by atoms with Crippen LogP contribution in [0.25, 0.3) is 0 Å². The van der Waals surface area contributed by atoms with E-state index in [1.54, 1.807) is 0 Å². The van der Waals surface area contributed by atoms with E-state index in [0.29, 0.717) is 0 Å². The molecule has 1 amide bonds. The quantitative estimate of drug-likeness (QED) is 0.531. The van der Waals surface area contributed by atoms with Crippen molar-refractivity contribution in [2.75, 3.05) is 0 Å². The van der Waals surface area contributed by atoms with Gasteiger partial charge in [0.1, 0.15) is 0 Å². The highest BCUT2D eigenvalue weighted by Gasteiger charge is 2.13. The lowest BCUT2D eigenvalue weighted by molar-refractivity contribution is -0.127. The molecule has 52 valence electrons. The van der Waals surface area contributed by atoms with Gasteiger partial charge in [-0.05, 0) is 0 Å². The van der Waals surface area contributed by atoms with Crippen LogP contribution >= 0.6 is 0 Å². The van der Waals surface area contributed by atoms with E-state index in [1.807, 2.05) is 4.36 Å². The van der Waals surface area contributed by atoms with E-state index in [2.05, 4.69) is 0 Å². The third-order valence-electron chi connectivity index (χ3n) is 0.351. The minimum atomic E-state index is -3.34. The Morgan fingerprint density at radius 2 is 1.89 bits per heavy atom. The number of alkyl halides is 2. The van der Waals surface area contributed by atoms with E-state index < -0.39 is 22.8 Å². The number of carbonyl (C=O) groups excluding carboxylic acids is 1. The number of carbonyl (C=O) groups is 1. The molecule has 0 aliphatic carbocycles. The van der Waals surface area contributed by atoms with Crippen LogP contribution in [0.4, 0.5) is 8.78 Å². The standard InChI is InChI=1S/C2HF2NO3S/c3-1(4)2(6)5-9(7)8/h1H. The Kier molecular flexibility index (Phi) is 2.93. The first kappa shape index (κ1) is 8.15. The van der Waals surface area contributed by atoms with Gasteiger partial charge < -0.3 is 0 Å². The third-order valence-corrected chi connectivity index (χ3v) is 0.680.